The first-order valence-electron chi connectivity index (χ1n) is 3.24. The molecule has 0 spiro atoms. The first-order chi connectivity index (χ1) is 5.29. The smallest absolute Gasteiger partial charge is 0.196 e. The Morgan fingerprint density at radius 1 is 1.64 bits per heavy atom. The van der Waals surface area contributed by atoms with Crippen LogP contribution in [0.4, 0.5) is 0 Å². The molecule has 1 aromatic heterocycles. The van der Waals surface area contributed by atoms with Crippen molar-refractivity contribution in [2.24, 2.45) is 7.05 Å². The number of hydrogen-bond acceptors (Lipinski definition) is 4. The molecular weight excluding hydrogens is 146 g/mol. The lowest BCUT2D eigenvalue weighted by Crippen LogP contribution is -2.03. The van der Waals surface area contributed by atoms with Crippen LogP contribution < -0.4 is 0 Å². The minimum Gasteiger partial charge on any atom is -0.396 e. The second-order valence-electron chi connectivity index (χ2n) is 2.12. The number of aromatic nitrogens is 3. The summed E-state index contributed by atoms with van der Waals surface area (Å²) in [6, 6.07) is 0. The summed E-state index contributed by atoms with van der Waals surface area (Å²) in [4.78, 5) is 10.3. The van der Waals surface area contributed by atoms with Crippen molar-refractivity contribution >= 4 is 6.29 Å². The number of nitrogens with zero attached hydrogens (tertiary/aromatic N) is 3. The zero-order chi connectivity index (χ0) is 8.27. The minimum atomic E-state index is 0.0187. The molecule has 0 radical (unpaired) electrons. The predicted molar refractivity (Wildman–Crippen MR) is 37.2 cm³/mol. The van der Waals surface area contributed by atoms with E-state index in [9.17, 15) is 4.79 Å². The first-order valence-corrected chi connectivity index (χ1v) is 3.24. The molecule has 0 fully saturated rings. The Kier molecular flexibility index (Phi) is 2.32. The van der Waals surface area contributed by atoms with Gasteiger partial charge in [-0.15, -0.1) is 10.2 Å². The van der Waals surface area contributed by atoms with Gasteiger partial charge in [-0.3, -0.25) is 4.79 Å². The highest BCUT2D eigenvalue weighted by Crippen LogP contribution is 1.96. The van der Waals surface area contributed by atoms with Gasteiger partial charge >= 0.3 is 0 Å². The Balaban J connectivity index is 2.90. The Labute approximate surface area is 63.7 Å². The molecule has 0 unspecified atom stereocenters. The zero-order valence-corrected chi connectivity index (χ0v) is 6.19. The summed E-state index contributed by atoms with van der Waals surface area (Å²) < 4.78 is 1.56. The van der Waals surface area contributed by atoms with Gasteiger partial charge in [-0.05, 0) is 0 Å². The maximum Gasteiger partial charge on any atom is 0.196 e. The van der Waals surface area contributed by atoms with E-state index in [1.54, 1.807) is 11.6 Å². The molecule has 0 bridgehead atoms. The fraction of sp³-hybridized carbons (Fsp3) is 0.500. The van der Waals surface area contributed by atoms with Crippen LogP contribution in [0.15, 0.2) is 0 Å². The second-order valence-corrected chi connectivity index (χ2v) is 2.12. The molecule has 0 aliphatic carbocycles. The van der Waals surface area contributed by atoms with Crippen molar-refractivity contribution in [2.45, 2.75) is 6.42 Å². The highest BCUT2D eigenvalue weighted by molar-refractivity contribution is 5.68. The maximum atomic E-state index is 10.3. The molecule has 0 aliphatic rings. The predicted octanol–water partition coefficient (Wildman–Crippen LogP) is -0.838. The molecule has 0 amide bonds. The van der Waals surface area contributed by atoms with Crippen molar-refractivity contribution in [1.29, 1.82) is 0 Å². The quantitative estimate of drug-likeness (QED) is 0.578. The Morgan fingerprint density at radius 3 is 2.82 bits per heavy atom. The molecule has 5 nitrogen and oxygen atoms in total. The number of carbonyl (C=O) groups excluding carboxylic acids is 1. The van der Waals surface area contributed by atoms with Crippen molar-refractivity contribution in [1.82, 2.24) is 14.8 Å². The monoisotopic (exact) mass is 155 g/mol. The Morgan fingerprint density at radius 2 is 2.36 bits per heavy atom. The van der Waals surface area contributed by atoms with E-state index in [2.05, 4.69) is 10.2 Å². The standard InChI is InChI=1S/C6H9N3O2/c1-9-5(2-3-10)7-8-6(9)4-11/h4,10H,2-3H2,1H3. The summed E-state index contributed by atoms with van der Waals surface area (Å²) in [6.07, 6.45) is 1.06. The average Bonchev–Trinajstić information content (AvgIpc) is 2.34. The fourth-order valence-electron chi connectivity index (χ4n) is 0.796. The number of aldehydes is 1. The van der Waals surface area contributed by atoms with Crippen LogP contribution in [0.5, 0.6) is 0 Å². The van der Waals surface area contributed by atoms with Crippen LogP contribution in [0.3, 0.4) is 0 Å². The third-order valence-corrected chi connectivity index (χ3v) is 1.44. The van der Waals surface area contributed by atoms with E-state index in [1.165, 1.54) is 0 Å². The van der Waals surface area contributed by atoms with Crippen LogP contribution in [0, 0.1) is 0 Å². The van der Waals surface area contributed by atoms with E-state index in [0.717, 1.165) is 0 Å². The molecule has 0 aliphatic heterocycles. The van der Waals surface area contributed by atoms with Crippen molar-refractivity contribution in [3.05, 3.63) is 11.6 Å². The highest BCUT2D eigenvalue weighted by Gasteiger charge is 2.05. The van der Waals surface area contributed by atoms with E-state index in [4.69, 9.17) is 5.11 Å². The number of aliphatic hydroxyl groups excluding tert-OH is 1. The lowest BCUT2D eigenvalue weighted by atomic mass is 10.4. The normalized spacial score (nSPS) is 10.0. The Hall–Kier alpha value is -1.23. The van der Waals surface area contributed by atoms with Gasteiger partial charge < -0.3 is 9.67 Å². The van der Waals surface area contributed by atoms with Gasteiger partial charge in [-0.1, -0.05) is 0 Å². The largest absolute Gasteiger partial charge is 0.396 e. The second kappa shape index (κ2) is 3.25. The van der Waals surface area contributed by atoms with Crippen molar-refractivity contribution in [2.75, 3.05) is 6.61 Å². The molecule has 0 atom stereocenters. The van der Waals surface area contributed by atoms with Gasteiger partial charge in [0.2, 0.25) is 0 Å². The van der Waals surface area contributed by atoms with Crippen LogP contribution in [0.2, 0.25) is 0 Å². The molecule has 11 heavy (non-hydrogen) atoms. The number of aliphatic hydroxyl groups is 1. The molecule has 0 saturated heterocycles. The van der Waals surface area contributed by atoms with Crippen LogP contribution in [0.25, 0.3) is 0 Å². The summed E-state index contributed by atoms with van der Waals surface area (Å²) >= 11 is 0. The molecule has 5 heteroatoms. The van der Waals surface area contributed by atoms with Gasteiger partial charge in [0.25, 0.3) is 0 Å². The van der Waals surface area contributed by atoms with Gasteiger partial charge in [0, 0.05) is 13.5 Å². The summed E-state index contributed by atoms with van der Waals surface area (Å²) in [7, 11) is 1.69. The molecule has 1 aromatic rings. The van der Waals surface area contributed by atoms with E-state index < -0.39 is 0 Å². The number of hydrogen-bond donors (Lipinski definition) is 1. The van der Waals surface area contributed by atoms with Gasteiger partial charge in [0.15, 0.2) is 12.1 Å². The molecule has 0 aromatic carbocycles. The van der Waals surface area contributed by atoms with Crippen LogP contribution in [0.1, 0.15) is 16.4 Å². The lowest BCUT2D eigenvalue weighted by molar-refractivity contribution is 0.111. The third kappa shape index (κ3) is 1.43. The van der Waals surface area contributed by atoms with E-state index in [1.807, 2.05) is 0 Å². The van der Waals surface area contributed by atoms with Gasteiger partial charge in [0.1, 0.15) is 5.82 Å². The van der Waals surface area contributed by atoms with Crippen molar-refractivity contribution in [3.63, 3.8) is 0 Å². The molecule has 1 N–H and O–H groups in total. The topological polar surface area (TPSA) is 68.0 Å². The highest BCUT2D eigenvalue weighted by atomic mass is 16.3. The third-order valence-electron chi connectivity index (χ3n) is 1.44. The first kappa shape index (κ1) is 7.87. The number of carbonyl (C=O) groups is 1. The van der Waals surface area contributed by atoms with Gasteiger partial charge in [-0.2, -0.15) is 0 Å². The summed E-state index contributed by atoms with van der Waals surface area (Å²) in [5.41, 5.74) is 0. The van der Waals surface area contributed by atoms with Crippen molar-refractivity contribution < 1.29 is 9.90 Å². The Bertz CT molecular complexity index is 256. The van der Waals surface area contributed by atoms with E-state index >= 15 is 0 Å². The molecular formula is C6H9N3O2. The molecule has 60 valence electrons. The molecule has 1 heterocycles. The minimum absolute atomic E-state index is 0.0187. The molecule has 1 rings (SSSR count). The average molecular weight is 155 g/mol. The lowest BCUT2D eigenvalue weighted by Gasteiger charge is -1.96. The summed E-state index contributed by atoms with van der Waals surface area (Å²) in [5, 5.41) is 15.8. The van der Waals surface area contributed by atoms with Gasteiger partial charge in [-0.25, -0.2) is 0 Å². The summed E-state index contributed by atoms with van der Waals surface area (Å²) in [6.45, 7) is 0.0187. The number of rotatable bonds is 3. The van der Waals surface area contributed by atoms with Crippen LogP contribution in [-0.4, -0.2) is 32.8 Å². The van der Waals surface area contributed by atoms with Gasteiger partial charge in [0.05, 0.1) is 6.61 Å². The van der Waals surface area contributed by atoms with Crippen molar-refractivity contribution in [3.8, 4) is 0 Å². The zero-order valence-electron chi connectivity index (χ0n) is 6.19. The van der Waals surface area contributed by atoms with E-state index in [0.29, 0.717) is 18.5 Å². The van der Waals surface area contributed by atoms with E-state index in [-0.39, 0.29) is 12.4 Å². The van der Waals surface area contributed by atoms with Crippen LogP contribution >= 0.6 is 0 Å². The SMILES string of the molecule is Cn1c(C=O)nnc1CCO. The summed E-state index contributed by atoms with van der Waals surface area (Å²) in [5.74, 6) is 0.906. The molecule has 0 saturated carbocycles. The van der Waals surface area contributed by atoms with Crippen LogP contribution in [-0.2, 0) is 13.5 Å². The fourth-order valence-corrected chi connectivity index (χ4v) is 0.796. The maximum absolute atomic E-state index is 10.3.